The van der Waals surface area contributed by atoms with Crippen molar-refractivity contribution >= 4 is 35.2 Å². The molecule has 0 aliphatic carbocycles. The summed E-state index contributed by atoms with van der Waals surface area (Å²) < 4.78 is 0. The van der Waals surface area contributed by atoms with Gasteiger partial charge in [-0.05, 0) is 35.4 Å². The maximum absolute atomic E-state index is 5.76. The Morgan fingerprint density at radius 1 is 0.647 bits per heavy atom. The normalized spacial score (nSPS) is 9.65. The van der Waals surface area contributed by atoms with E-state index in [0.717, 1.165) is 16.8 Å². The van der Waals surface area contributed by atoms with Crippen LogP contribution >= 0.6 is 12.4 Å². The number of hydrogen-bond acceptors (Lipinski definition) is 4. The first-order valence-electron chi connectivity index (χ1n) is 4.88. The topological polar surface area (TPSA) is 104 Å². The lowest BCUT2D eigenvalue weighted by Crippen LogP contribution is -2.00. The van der Waals surface area contributed by atoms with Crippen molar-refractivity contribution in [3.63, 3.8) is 0 Å². The molecule has 0 radical (unpaired) electrons. The molecule has 4 nitrogen and oxygen atoms in total. The molecule has 8 N–H and O–H groups in total. The zero-order valence-corrected chi connectivity index (χ0v) is 10.00. The Bertz CT molecular complexity index is 500. The highest BCUT2D eigenvalue weighted by atomic mass is 35.5. The second-order valence-corrected chi connectivity index (χ2v) is 3.69. The van der Waals surface area contributed by atoms with Crippen molar-refractivity contribution in [2.75, 3.05) is 22.9 Å². The molecule has 0 aromatic heterocycles. The zero-order chi connectivity index (χ0) is 11.7. The monoisotopic (exact) mass is 250 g/mol. The summed E-state index contributed by atoms with van der Waals surface area (Å²) in [4.78, 5) is 0. The van der Waals surface area contributed by atoms with Gasteiger partial charge in [-0.2, -0.15) is 0 Å². The quantitative estimate of drug-likeness (QED) is 0.582. The van der Waals surface area contributed by atoms with Crippen molar-refractivity contribution in [3.05, 3.63) is 36.4 Å². The molecule has 17 heavy (non-hydrogen) atoms. The molecule has 0 unspecified atom stereocenters. The summed E-state index contributed by atoms with van der Waals surface area (Å²) in [6.07, 6.45) is 0. The predicted octanol–water partition coefficient (Wildman–Crippen LogP) is 2.10. The molecule has 2 rings (SSSR count). The first kappa shape index (κ1) is 13.0. The molecule has 0 atom stereocenters. The van der Waals surface area contributed by atoms with Gasteiger partial charge < -0.3 is 22.9 Å². The molecular weight excluding hydrogens is 236 g/mol. The SMILES string of the molecule is Cl.Nc1ccc(-c2cc(N)c(N)c(N)c2)cc1. The summed E-state index contributed by atoms with van der Waals surface area (Å²) in [6, 6.07) is 11.1. The lowest BCUT2D eigenvalue weighted by molar-refractivity contribution is 1.60. The molecule has 5 heteroatoms. The van der Waals surface area contributed by atoms with Gasteiger partial charge in [0.15, 0.2) is 0 Å². The minimum atomic E-state index is 0. The Balaban J connectivity index is 0.00000144. The van der Waals surface area contributed by atoms with Crippen molar-refractivity contribution < 1.29 is 0 Å². The summed E-state index contributed by atoms with van der Waals surface area (Å²) in [5, 5.41) is 0. The Morgan fingerprint density at radius 2 is 1.12 bits per heavy atom. The molecule has 2 aromatic rings. The minimum absolute atomic E-state index is 0. The van der Waals surface area contributed by atoms with Crippen LogP contribution in [0.5, 0.6) is 0 Å². The third-order valence-corrected chi connectivity index (χ3v) is 2.49. The summed E-state index contributed by atoms with van der Waals surface area (Å²) in [7, 11) is 0. The highest BCUT2D eigenvalue weighted by Gasteiger charge is 2.04. The summed E-state index contributed by atoms with van der Waals surface area (Å²) in [6.45, 7) is 0. The van der Waals surface area contributed by atoms with Gasteiger partial charge >= 0.3 is 0 Å². The smallest absolute Gasteiger partial charge is 0.0781 e. The molecule has 0 aliphatic rings. The van der Waals surface area contributed by atoms with E-state index >= 15 is 0 Å². The first-order valence-corrected chi connectivity index (χ1v) is 4.88. The van der Waals surface area contributed by atoms with E-state index < -0.39 is 0 Å². The maximum atomic E-state index is 5.76. The van der Waals surface area contributed by atoms with Crippen LogP contribution in [-0.4, -0.2) is 0 Å². The number of nitrogen functional groups attached to an aromatic ring is 4. The van der Waals surface area contributed by atoms with Crippen LogP contribution in [0.15, 0.2) is 36.4 Å². The molecule has 0 bridgehead atoms. The Kier molecular flexibility index (Phi) is 3.70. The van der Waals surface area contributed by atoms with Gasteiger partial charge in [-0.25, -0.2) is 0 Å². The van der Waals surface area contributed by atoms with Crippen LogP contribution in [0, 0.1) is 0 Å². The maximum Gasteiger partial charge on any atom is 0.0781 e. The third-order valence-electron chi connectivity index (χ3n) is 2.49. The fourth-order valence-electron chi connectivity index (χ4n) is 1.54. The van der Waals surface area contributed by atoms with Crippen LogP contribution in [0.3, 0.4) is 0 Å². The van der Waals surface area contributed by atoms with Crippen LogP contribution < -0.4 is 22.9 Å². The van der Waals surface area contributed by atoms with E-state index in [1.54, 1.807) is 12.1 Å². The van der Waals surface area contributed by atoms with Crippen molar-refractivity contribution in [1.29, 1.82) is 0 Å². The molecule has 0 fully saturated rings. The van der Waals surface area contributed by atoms with Crippen molar-refractivity contribution in [2.24, 2.45) is 0 Å². The van der Waals surface area contributed by atoms with Gasteiger partial charge in [-0.15, -0.1) is 12.4 Å². The highest BCUT2D eigenvalue weighted by Crippen LogP contribution is 2.30. The average molecular weight is 251 g/mol. The zero-order valence-electron chi connectivity index (χ0n) is 9.18. The van der Waals surface area contributed by atoms with Crippen molar-refractivity contribution in [2.45, 2.75) is 0 Å². The fourth-order valence-corrected chi connectivity index (χ4v) is 1.54. The lowest BCUT2D eigenvalue weighted by Gasteiger charge is -2.08. The number of anilines is 4. The second kappa shape index (κ2) is 4.84. The molecule has 0 aliphatic heterocycles. The van der Waals surface area contributed by atoms with E-state index in [1.165, 1.54) is 0 Å². The van der Waals surface area contributed by atoms with Gasteiger partial charge in [0.2, 0.25) is 0 Å². The van der Waals surface area contributed by atoms with Gasteiger partial charge in [-0.1, -0.05) is 12.1 Å². The van der Waals surface area contributed by atoms with Crippen molar-refractivity contribution in [3.8, 4) is 11.1 Å². The van der Waals surface area contributed by atoms with Crippen LogP contribution in [0.2, 0.25) is 0 Å². The molecule has 90 valence electrons. The summed E-state index contributed by atoms with van der Waals surface area (Å²) >= 11 is 0. The van der Waals surface area contributed by atoms with Gasteiger partial charge in [0.05, 0.1) is 17.1 Å². The largest absolute Gasteiger partial charge is 0.399 e. The van der Waals surface area contributed by atoms with E-state index in [-0.39, 0.29) is 12.4 Å². The number of hydrogen-bond donors (Lipinski definition) is 4. The number of benzene rings is 2. The van der Waals surface area contributed by atoms with Gasteiger partial charge in [0, 0.05) is 5.69 Å². The molecule has 0 saturated heterocycles. The van der Waals surface area contributed by atoms with Crippen LogP contribution in [-0.2, 0) is 0 Å². The molecule has 0 heterocycles. The van der Waals surface area contributed by atoms with E-state index in [0.29, 0.717) is 17.1 Å². The molecular formula is C12H15ClN4. The summed E-state index contributed by atoms with van der Waals surface area (Å²) in [5.74, 6) is 0. The highest BCUT2D eigenvalue weighted by molar-refractivity contribution is 5.85. The number of halogens is 1. The van der Waals surface area contributed by atoms with E-state index in [4.69, 9.17) is 22.9 Å². The van der Waals surface area contributed by atoms with Gasteiger partial charge in [0.1, 0.15) is 0 Å². The average Bonchev–Trinajstić information content (AvgIpc) is 2.26. The standard InChI is InChI=1S/C12H14N4.ClH/c13-9-3-1-7(2-4-9)8-5-10(14)12(16)11(15)6-8;/h1-6H,13-16H2;1H. The number of nitrogens with two attached hydrogens (primary N) is 4. The lowest BCUT2D eigenvalue weighted by atomic mass is 10.0. The van der Waals surface area contributed by atoms with Crippen LogP contribution in [0.25, 0.3) is 11.1 Å². The number of rotatable bonds is 1. The summed E-state index contributed by atoms with van der Waals surface area (Å²) in [5.41, 5.74) is 26.9. The molecule has 2 aromatic carbocycles. The fraction of sp³-hybridized carbons (Fsp3) is 0. The Labute approximate surface area is 106 Å². The third kappa shape index (κ3) is 2.54. The Hall–Kier alpha value is -2.07. The van der Waals surface area contributed by atoms with E-state index in [9.17, 15) is 0 Å². The van der Waals surface area contributed by atoms with Gasteiger partial charge in [0.25, 0.3) is 0 Å². The molecule has 0 spiro atoms. The predicted molar refractivity (Wildman–Crippen MR) is 76.8 cm³/mol. The van der Waals surface area contributed by atoms with E-state index in [1.807, 2.05) is 24.3 Å². The first-order chi connectivity index (χ1) is 7.58. The Morgan fingerprint density at radius 3 is 1.59 bits per heavy atom. The van der Waals surface area contributed by atoms with Crippen LogP contribution in [0.1, 0.15) is 0 Å². The van der Waals surface area contributed by atoms with Crippen molar-refractivity contribution in [1.82, 2.24) is 0 Å². The molecule has 0 amide bonds. The second-order valence-electron chi connectivity index (χ2n) is 3.69. The van der Waals surface area contributed by atoms with E-state index in [2.05, 4.69) is 0 Å². The van der Waals surface area contributed by atoms with Crippen LogP contribution in [0.4, 0.5) is 22.7 Å². The molecule has 0 saturated carbocycles. The van der Waals surface area contributed by atoms with Gasteiger partial charge in [-0.3, -0.25) is 0 Å². The minimum Gasteiger partial charge on any atom is -0.399 e.